The zero-order valence-electron chi connectivity index (χ0n) is 26.3. The maximum Gasteiger partial charge on any atom is 0.0541 e. The van der Waals surface area contributed by atoms with Crippen LogP contribution in [-0.2, 0) is 6.42 Å². The van der Waals surface area contributed by atoms with Gasteiger partial charge in [-0.25, -0.2) is 0 Å². The Hall–Kier alpha value is -5.92. The average molecular weight is 600 g/mol. The van der Waals surface area contributed by atoms with E-state index in [0.717, 1.165) is 6.42 Å². The first-order valence-electron chi connectivity index (χ1n) is 16.5. The van der Waals surface area contributed by atoms with Crippen molar-refractivity contribution in [2.45, 2.75) is 13.3 Å². The first-order valence-corrected chi connectivity index (χ1v) is 16.5. The second-order valence-corrected chi connectivity index (χ2v) is 12.4. The van der Waals surface area contributed by atoms with Gasteiger partial charge in [-0.3, -0.25) is 0 Å². The summed E-state index contributed by atoms with van der Waals surface area (Å²) in [5.41, 5.74) is 12.5. The predicted octanol–water partition coefficient (Wildman–Crippen LogP) is 12.7. The lowest BCUT2D eigenvalue weighted by Gasteiger charge is -2.19. The number of benzene rings is 8. The fourth-order valence-corrected chi connectivity index (χ4v) is 7.51. The predicted molar refractivity (Wildman–Crippen MR) is 201 cm³/mol. The Labute approximate surface area is 275 Å². The third-order valence-electron chi connectivity index (χ3n) is 9.75. The standard InChI is InChI=1S/C46H33N/c1-2-31-21-28-44-41(29-31)37-17-11-12-20-43(37)47(44)36-25-22-34(23-26-36)45-38-18-9-10-19-39(38)46(33-15-7-4-8-16-33)42-30-35(24-27-40(42)45)32-13-5-3-6-14-32/h3-30H,2H2,1H3. The summed E-state index contributed by atoms with van der Waals surface area (Å²) < 4.78 is 2.41. The van der Waals surface area contributed by atoms with Gasteiger partial charge in [0, 0.05) is 16.5 Å². The van der Waals surface area contributed by atoms with Crippen LogP contribution in [0.3, 0.4) is 0 Å². The van der Waals surface area contributed by atoms with Crippen molar-refractivity contribution in [2.24, 2.45) is 0 Å². The molecule has 0 aliphatic heterocycles. The molecular formula is C46H33N. The lowest BCUT2D eigenvalue weighted by atomic mass is 9.85. The minimum absolute atomic E-state index is 1.03. The molecule has 0 unspecified atom stereocenters. The smallest absolute Gasteiger partial charge is 0.0541 e. The van der Waals surface area contributed by atoms with Crippen molar-refractivity contribution in [1.82, 2.24) is 4.57 Å². The molecule has 1 aromatic heterocycles. The van der Waals surface area contributed by atoms with Gasteiger partial charge in [0.25, 0.3) is 0 Å². The van der Waals surface area contributed by atoms with Crippen LogP contribution in [0.1, 0.15) is 12.5 Å². The van der Waals surface area contributed by atoms with E-state index in [1.807, 2.05) is 0 Å². The molecule has 0 saturated carbocycles. The molecule has 0 bridgehead atoms. The summed E-state index contributed by atoms with van der Waals surface area (Å²) in [6, 6.07) is 62.3. The van der Waals surface area contributed by atoms with Crippen LogP contribution in [0.25, 0.3) is 82.4 Å². The van der Waals surface area contributed by atoms with Crippen molar-refractivity contribution in [3.8, 4) is 39.1 Å². The lowest BCUT2D eigenvalue weighted by molar-refractivity contribution is 1.14. The summed E-state index contributed by atoms with van der Waals surface area (Å²) in [4.78, 5) is 0. The number of fused-ring (bicyclic) bond motifs is 5. The average Bonchev–Trinajstić information content (AvgIpc) is 3.48. The summed E-state index contributed by atoms with van der Waals surface area (Å²) >= 11 is 0. The zero-order valence-corrected chi connectivity index (χ0v) is 26.3. The molecule has 222 valence electrons. The molecule has 9 aromatic rings. The molecule has 8 aromatic carbocycles. The second-order valence-electron chi connectivity index (χ2n) is 12.4. The Morgan fingerprint density at radius 3 is 1.60 bits per heavy atom. The molecule has 0 N–H and O–H groups in total. The second kappa shape index (κ2) is 11.2. The molecule has 0 saturated heterocycles. The molecule has 0 aliphatic rings. The fraction of sp³-hybridized carbons (Fsp3) is 0.0435. The van der Waals surface area contributed by atoms with E-state index in [2.05, 4.69) is 181 Å². The van der Waals surface area contributed by atoms with Crippen molar-refractivity contribution in [2.75, 3.05) is 0 Å². The highest BCUT2D eigenvalue weighted by Crippen LogP contribution is 2.45. The number of hydrogen-bond acceptors (Lipinski definition) is 0. The summed E-state index contributed by atoms with van der Waals surface area (Å²) in [7, 11) is 0. The minimum Gasteiger partial charge on any atom is -0.309 e. The minimum atomic E-state index is 1.03. The molecule has 0 radical (unpaired) electrons. The molecular weight excluding hydrogens is 567 g/mol. The zero-order chi connectivity index (χ0) is 31.3. The molecule has 1 heteroatoms. The van der Waals surface area contributed by atoms with Gasteiger partial charge in [0.2, 0.25) is 0 Å². The quantitative estimate of drug-likeness (QED) is 0.173. The molecule has 0 aliphatic carbocycles. The van der Waals surface area contributed by atoms with E-state index in [0.29, 0.717) is 0 Å². The van der Waals surface area contributed by atoms with Crippen molar-refractivity contribution in [3.63, 3.8) is 0 Å². The highest BCUT2D eigenvalue weighted by Gasteiger charge is 2.18. The van der Waals surface area contributed by atoms with Gasteiger partial charge in [-0.05, 0) is 103 Å². The van der Waals surface area contributed by atoms with Gasteiger partial charge in [-0.15, -0.1) is 0 Å². The van der Waals surface area contributed by atoms with Crippen LogP contribution in [0, 0.1) is 0 Å². The molecule has 0 fully saturated rings. The van der Waals surface area contributed by atoms with Gasteiger partial charge in [-0.1, -0.05) is 140 Å². The Morgan fingerprint density at radius 2 is 0.894 bits per heavy atom. The van der Waals surface area contributed by atoms with Gasteiger partial charge in [0.15, 0.2) is 0 Å². The number of aryl methyl sites for hydroxylation is 1. The van der Waals surface area contributed by atoms with Crippen LogP contribution in [0.2, 0.25) is 0 Å². The first kappa shape index (κ1) is 27.4. The SMILES string of the molecule is CCc1ccc2c(c1)c1ccccc1n2-c1ccc(-c2c3ccccc3c(-c3ccccc3)c3cc(-c4ccccc4)ccc23)cc1. The van der Waals surface area contributed by atoms with Crippen LogP contribution >= 0.6 is 0 Å². The van der Waals surface area contributed by atoms with Gasteiger partial charge < -0.3 is 4.57 Å². The Kier molecular flexibility index (Phi) is 6.50. The molecule has 1 nitrogen and oxygen atoms in total. The number of aromatic nitrogens is 1. The van der Waals surface area contributed by atoms with Gasteiger partial charge >= 0.3 is 0 Å². The summed E-state index contributed by atoms with van der Waals surface area (Å²) in [6.07, 6.45) is 1.03. The number of rotatable bonds is 5. The third-order valence-corrected chi connectivity index (χ3v) is 9.75. The molecule has 47 heavy (non-hydrogen) atoms. The summed E-state index contributed by atoms with van der Waals surface area (Å²) in [5, 5.41) is 7.67. The molecule has 0 atom stereocenters. The van der Waals surface area contributed by atoms with Crippen LogP contribution in [-0.4, -0.2) is 4.57 Å². The van der Waals surface area contributed by atoms with E-state index in [9.17, 15) is 0 Å². The third kappa shape index (κ3) is 4.47. The Bertz CT molecular complexity index is 2570. The monoisotopic (exact) mass is 599 g/mol. The maximum atomic E-state index is 2.41. The van der Waals surface area contributed by atoms with E-state index in [-0.39, 0.29) is 0 Å². The Balaban J connectivity index is 1.29. The van der Waals surface area contributed by atoms with E-state index < -0.39 is 0 Å². The normalized spacial score (nSPS) is 11.6. The van der Waals surface area contributed by atoms with Crippen LogP contribution in [0.4, 0.5) is 0 Å². The first-order chi connectivity index (χ1) is 23.3. The Morgan fingerprint density at radius 1 is 0.362 bits per heavy atom. The van der Waals surface area contributed by atoms with E-state index in [1.54, 1.807) is 0 Å². The fourth-order valence-electron chi connectivity index (χ4n) is 7.51. The molecule has 9 rings (SSSR count). The van der Waals surface area contributed by atoms with Crippen molar-refractivity contribution in [1.29, 1.82) is 0 Å². The van der Waals surface area contributed by atoms with Gasteiger partial charge in [0.05, 0.1) is 11.0 Å². The number of nitrogens with zero attached hydrogens (tertiary/aromatic N) is 1. The number of para-hydroxylation sites is 1. The molecule has 1 heterocycles. The van der Waals surface area contributed by atoms with Gasteiger partial charge in [0.1, 0.15) is 0 Å². The summed E-state index contributed by atoms with van der Waals surface area (Å²) in [6.45, 7) is 2.22. The highest BCUT2D eigenvalue weighted by atomic mass is 15.0. The highest BCUT2D eigenvalue weighted by molar-refractivity contribution is 6.22. The molecule has 0 amide bonds. The van der Waals surface area contributed by atoms with Crippen LogP contribution in [0.15, 0.2) is 170 Å². The van der Waals surface area contributed by atoms with E-state index in [4.69, 9.17) is 0 Å². The van der Waals surface area contributed by atoms with E-state index in [1.165, 1.54) is 88.0 Å². The largest absolute Gasteiger partial charge is 0.309 e. The van der Waals surface area contributed by atoms with Crippen molar-refractivity contribution < 1.29 is 0 Å². The van der Waals surface area contributed by atoms with Crippen LogP contribution in [0.5, 0.6) is 0 Å². The molecule has 0 spiro atoms. The maximum absolute atomic E-state index is 2.41. The lowest BCUT2D eigenvalue weighted by Crippen LogP contribution is -1.95. The van der Waals surface area contributed by atoms with Gasteiger partial charge in [-0.2, -0.15) is 0 Å². The topological polar surface area (TPSA) is 4.93 Å². The van der Waals surface area contributed by atoms with Crippen molar-refractivity contribution >= 4 is 43.4 Å². The number of hydrogen-bond donors (Lipinski definition) is 0. The van der Waals surface area contributed by atoms with Crippen LogP contribution < -0.4 is 0 Å². The van der Waals surface area contributed by atoms with E-state index >= 15 is 0 Å². The summed E-state index contributed by atoms with van der Waals surface area (Å²) in [5.74, 6) is 0. The van der Waals surface area contributed by atoms with Crippen molar-refractivity contribution in [3.05, 3.63) is 175 Å².